The Labute approximate surface area is 133 Å². The fourth-order valence-corrected chi connectivity index (χ4v) is 4.64. The van der Waals surface area contributed by atoms with Crippen molar-refractivity contribution in [2.45, 2.75) is 37.7 Å². The molecule has 0 spiro atoms. The predicted molar refractivity (Wildman–Crippen MR) is 86.0 cm³/mol. The molecule has 0 fully saturated rings. The second-order valence-corrected chi connectivity index (χ2v) is 7.60. The van der Waals surface area contributed by atoms with Crippen molar-refractivity contribution in [3.63, 3.8) is 0 Å². The number of fused-ring (bicyclic) bond motifs is 1. The summed E-state index contributed by atoms with van der Waals surface area (Å²) in [5, 5.41) is 10.5. The molecule has 2 unspecified atom stereocenters. The van der Waals surface area contributed by atoms with Gasteiger partial charge in [0.05, 0.1) is 10.4 Å². The van der Waals surface area contributed by atoms with Crippen LogP contribution in [-0.4, -0.2) is 5.11 Å². The predicted octanol–water partition coefficient (Wildman–Crippen LogP) is 5.60. The van der Waals surface area contributed by atoms with Gasteiger partial charge >= 0.3 is 0 Å². The lowest BCUT2D eigenvalue weighted by molar-refractivity contribution is 0.154. The van der Waals surface area contributed by atoms with Crippen LogP contribution in [0.15, 0.2) is 30.3 Å². The average Bonchev–Trinajstić information content (AvgIpc) is 2.78. The molecule has 0 saturated heterocycles. The first-order chi connectivity index (χ1) is 9.65. The number of rotatable bonds is 3. The molecule has 1 aliphatic carbocycles. The first kappa shape index (κ1) is 14.4. The van der Waals surface area contributed by atoms with Crippen LogP contribution in [0, 0.1) is 0 Å². The smallest absolute Gasteiger partial charge is 0.100 e. The molecule has 0 bridgehead atoms. The van der Waals surface area contributed by atoms with Gasteiger partial charge in [0.15, 0.2) is 0 Å². The van der Waals surface area contributed by atoms with Crippen LogP contribution in [0.4, 0.5) is 0 Å². The van der Waals surface area contributed by atoms with E-state index < -0.39 is 6.10 Å². The molecule has 2 aromatic rings. The van der Waals surface area contributed by atoms with Crippen molar-refractivity contribution in [1.82, 2.24) is 0 Å². The van der Waals surface area contributed by atoms with Crippen molar-refractivity contribution in [2.24, 2.45) is 0 Å². The zero-order chi connectivity index (χ0) is 14.1. The number of hydrogen-bond donors (Lipinski definition) is 1. The number of thiophene rings is 1. The molecule has 1 aromatic heterocycles. The quantitative estimate of drug-likeness (QED) is 0.778. The van der Waals surface area contributed by atoms with Crippen LogP contribution in [0.2, 0.25) is 8.67 Å². The number of aliphatic hydroxyl groups is 1. The minimum absolute atomic E-state index is 0.407. The lowest BCUT2D eigenvalue weighted by Crippen LogP contribution is -2.13. The highest BCUT2D eigenvalue weighted by Gasteiger charge is 2.24. The van der Waals surface area contributed by atoms with Gasteiger partial charge in [-0.1, -0.05) is 47.5 Å². The van der Waals surface area contributed by atoms with E-state index in [-0.39, 0.29) is 0 Å². The molecule has 0 saturated carbocycles. The summed E-state index contributed by atoms with van der Waals surface area (Å²) in [5.41, 5.74) is 3.57. The number of hydrogen-bond acceptors (Lipinski definition) is 2. The second-order valence-electron chi connectivity index (χ2n) is 5.32. The third-order valence-corrected chi connectivity index (χ3v) is 5.56. The van der Waals surface area contributed by atoms with Gasteiger partial charge in [-0.3, -0.25) is 0 Å². The van der Waals surface area contributed by atoms with E-state index >= 15 is 0 Å². The van der Waals surface area contributed by atoms with Crippen molar-refractivity contribution in [3.05, 3.63) is 55.7 Å². The summed E-state index contributed by atoms with van der Waals surface area (Å²) in [5.74, 6) is 0.407. The highest BCUT2D eigenvalue weighted by atomic mass is 35.5. The number of aryl methyl sites for hydroxylation is 1. The topological polar surface area (TPSA) is 20.2 Å². The van der Waals surface area contributed by atoms with Crippen LogP contribution in [0.5, 0.6) is 0 Å². The van der Waals surface area contributed by atoms with E-state index in [0.717, 1.165) is 18.4 Å². The summed E-state index contributed by atoms with van der Waals surface area (Å²) in [6, 6.07) is 10.3. The Morgan fingerprint density at radius 3 is 2.85 bits per heavy atom. The summed E-state index contributed by atoms with van der Waals surface area (Å²) < 4.78 is 1.24. The van der Waals surface area contributed by atoms with Gasteiger partial charge in [-0.25, -0.2) is 0 Å². The van der Waals surface area contributed by atoms with Crippen molar-refractivity contribution in [3.8, 4) is 0 Å². The monoisotopic (exact) mass is 326 g/mol. The minimum atomic E-state index is -0.539. The Kier molecular flexibility index (Phi) is 4.37. The fourth-order valence-electron chi connectivity index (χ4n) is 3.08. The molecule has 4 heteroatoms. The largest absolute Gasteiger partial charge is 0.388 e. The summed E-state index contributed by atoms with van der Waals surface area (Å²) in [6.07, 6.45) is 3.63. The Morgan fingerprint density at radius 2 is 2.10 bits per heavy atom. The lowest BCUT2D eigenvalue weighted by Gasteiger charge is -2.27. The van der Waals surface area contributed by atoms with Gasteiger partial charge < -0.3 is 5.11 Å². The highest BCUT2D eigenvalue weighted by Crippen LogP contribution is 2.41. The Bertz CT molecular complexity index is 608. The molecule has 20 heavy (non-hydrogen) atoms. The Morgan fingerprint density at radius 1 is 1.30 bits per heavy atom. The van der Waals surface area contributed by atoms with Crippen LogP contribution in [0.3, 0.4) is 0 Å². The number of benzene rings is 1. The van der Waals surface area contributed by atoms with Gasteiger partial charge in [-0.15, -0.1) is 11.3 Å². The Balaban J connectivity index is 1.80. The molecule has 0 radical (unpaired) electrons. The van der Waals surface area contributed by atoms with E-state index in [1.807, 2.05) is 0 Å². The van der Waals surface area contributed by atoms with Crippen LogP contribution in [0.25, 0.3) is 0 Å². The summed E-state index contributed by atoms with van der Waals surface area (Å²) in [6.45, 7) is 0. The molecule has 2 atom stereocenters. The maximum atomic E-state index is 10.5. The van der Waals surface area contributed by atoms with E-state index in [0.29, 0.717) is 21.0 Å². The van der Waals surface area contributed by atoms with Crippen molar-refractivity contribution in [1.29, 1.82) is 0 Å². The molecule has 1 aliphatic rings. The van der Waals surface area contributed by atoms with Gasteiger partial charge in [-0.2, -0.15) is 0 Å². The molecular weight excluding hydrogens is 311 g/mol. The van der Waals surface area contributed by atoms with Crippen LogP contribution in [0.1, 0.15) is 48.0 Å². The molecule has 1 nitrogen and oxygen atoms in total. The third-order valence-electron chi connectivity index (χ3n) is 4.04. The van der Waals surface area contributed by atoms with Crippen molar-refractivity contribution >= 4 is 34.5 Å². The standard InChI is InChI=1S/C16H16Cl2OS/c17-15-9-13(16(18)20-15)14(19)8-11-6-3-5-10-4-1-2-7-12(10)11/h1-2,4,7,9,11,14,19H,3,5-6,8H2. The molecule has 106 valence electrons. The highest BCUT2D eigenvalue weighted by molar-refractivity contribution is 7.20. The summed E-state index contributed by atoms with van der Waals surface area (Å²) in [4.78, 5) is 0. The van der Waals surface area contributed by atoms with Crippen molar-refractivity contribution in [2.75, 3.05) is 0 Å². The molecule has 0 amide bonds. The maximum Gasteiger partial charge on any atom is 0.100 e. The molecule has 1 N–H and O–H groups in total. The second kappa shape index (κ2) is 6.07. The molecule has 1 aromatic carbocycles. The minimum Gasteiger partial charge on any atom is -0.388 e. The Hall–Kier alpha value is -0.540. The first-order valence-electron chi connectivity index (χ1n) is 6.85. The molecule has 3 rings (SSSR count). The lowest BCUT2D eigenvalue weighted by atomic mass is 9.79. The van der Waals surface area contributed by atoms with Gasteiger partial charge in [0.1, 0.15) is 4.34 Å². The van der Waals surface area contributed by atoms with Gasteiger partial charge in [-0.05, 0) is 48.8 Å². The normalized spacial score (nSPS) is 19.6. The maximum absolute atomic E-state index is 10.5. The first-order valence-corrected chi connectivity index (χ1v) is 8.43. The van der Waals surface area contributed by atoms with E-state index in [2.05, 4.69) is 24.3 Å². The van der Waals surface area contributed by atoms with Gasteiger partial charge in [0.2, 0.25) is 0 Å². The van der Waals surface area contributed by atoms with E-state index in [1.165, 1.54) is 28.9 Å². The number of aliphatic hydroxyl groups excluding tert-OH is 1. The van der Waals surface area contributed by atoms with Crippen LogP contribution in [-0.2, 0) is 6.42 Å². The van der Waals surface area contributed by atoms with Crippen molar-refractivity contribution < 1.29 is 5.11 Å². The van der Waals surface area contributed by atoms with Crippen LogP contribution < -0.4 is 0 Å². The summed E-state index contributed by atoms with van der Waals surface area (Å²) >= 11 is 13.4. The molecule has 1 heterocycles. The molecule has 0 aliphatic heterocycles. The fraction of sp³-hybridized carbons (Fsp3) is 0.375. The third kappa shape index (κ3) is 2.89. The number of halogens is 2. The van der Waals surface area contributed by atoms with Crippen LogP contribution >= 0.6 is 34.5 Å². The average molecular weight is 327 g/mol. The SMILES string of the molecule is OC(CC1CCCc2ccccc21)c1cc(Cl)sc1Cl. The van der Waals surface area contributed by atoms with E-state index in [9.17, 15) is 5.11 Å². The van der Waals surface area contributed by atoms with Gasteiger partial charge in [0.25, 0.3) is 0 Å². The molecular formula is C16H16Cl2OS. The van der Waals surface area contributed by atoms with E-state index in [1.54, 1.807) is 6.07 Å². The zero-order valence-electron chi connectivity index (χ0n) is 11.0. The summed E-state index contributed by atoms with van der Waals surface area (Å²) in [7, 11) is 0. The zero-order valence-corrected chi connectivity index (χ0v) is 13.3. The van der Waals surface area contributed by atoms with E-state index in [4.69, 9.17) is 23.2 Å². The van der Waals surface area contributed by atoms with Gasteiger partial charge in [0, 0.05) is 5.56 Å².